The lowest BCUT2D eigenvalue weighted by atomic mass is 9.81. The molecule has 23 heavy (non-hydrogen) atoms. The highest BCUT2D eigenvalue weighted by atomic mass is 32.3. The number of amides is 1. The van der Waals surface area contributed by atoms with Crippen LogP contribution in [0.25, 0.3) is 0 Å². The zero-order valence-electron chi connectivity index (χ0n) is 15.9. The van der Waals surface area contributed by atoms with Gasteiger partial charge in [-0.2, -0.15) is 0 Å². The van der Waals surface area contributed by atoms with Gasteiger partial charge >= 0.3 is 0 Å². The van der Waals surface area contributed by atoms with Gasteiger partial charge in [0.25, 0.3) is 0 Å². The van der Waals surface area contributed by atoms with Gasteiger partial charge in [0, 0.05) is 25.7 Å². The van der Waals surface area contributed by atoms with Gasteiger partial charge < -0.3 is 14.8 Å². The number of ether oxygens (including phenoxy) is 2. The molecule has 0 atom stereocenters. The maximum Gasteiger partial charge on any atom is 0.223 e. The van der Waals surface area contributed by atoms with E-state index in [9.17, 15) is 4.79 Å². The molecule has 0 aliphatic heterocycles. The van der Waals surface area contributed by atoms with Crippen LogP contribution in [-0.4, -0.2) is 61.9 Å². The lowest BCUT2D eigenvalue weighted by Crippen LogP contribution is -2.43. The molecule has 1 saturated carbocycles. The van der Waals surface area contributed by atoms with E-state index in [1.807, 2.05) is 20.8 Å². The van der Waals surface area contributed by atoms with Crippen LogP contribution in [0.3, 0.4) is 0 Å². The van der Waals surface area contributed by atoms with Crippen LogP contribution in [0.5, 0.6) is 0 Å². The van der Waals surface area contributed by atoms with Crippen molar-refractivity contribution in [2.24, 2.45) is 5.92 Å². The average Bonchev–Trinajstić information content (AvgIpc) is 2.32. The Morgan fingerprint density at radius 2 is 1.78 bits per heavy atom. The van der Waals surface area contributed by atoms with Crippen molar-refractivity contribution in [2.75, 3.05) is 44.3 Å². The first kappa shape index (κ1) is 20.8. The second-order valence-corrected chi connectivity index (χ2v) is 13.0. The zero-order chi connectivity index (χ0) is 17.5. The standard InChI is InChI=1S/C18H37NO3S/c1-18(2,3)22-11-7-9-19-17(20)15-13-16(14-15)21-10-8-12-23(4,5)6/h15-16H,7-14H2,1-6H3,(H,19,20). The molecule has 0 aromatic carbocycles. The SMILES string of the molecule is CC(C)(C)OCCCNC(=O)C1CC(OCCCS(C)(C)C)C1. The molecule has 1 rings (SSSR count). The first-order chi connectivity index (χ1) is 10.6. The third-order valence-electron chi connectivity index (χ3n) is 3.88. The van der Waals surface area contributed by atoms with Crippen molar-refractivity contribution in [1.82, 2.24) is 5.32 Å². The van der Waals surface area contributed by atoms with Crippen molar-refractivity contribution in [3.63, 3.8) is 0 Å². The van der Waals surface area contributed by atoms with Gasteiger partial charge in [-0.3, -0.25) is 4.79 Å². The number of carbonyl (C=O) groups is 1. The number of hydrogen-bond donors (Lipinski definition) is 1. The van der Waals surface area contributed by atoms with Crippen molar-refractivity contribution < 1.29 is 14.3 Å². The molecule has 138 valence electrons. The maximum atomic E-state index is 12.0. The van der Waals surface area contributed by atoms with Gasteiger partial charge in [-0.1, -0.05) is 0 Å². The van der Waals surface area contributed by atoms with Crippen LogP contribution in [0.2, 0.25) is 0 Å². The molecule has 0 saturated heterocycles. The quantitative estimate of drug-likeness (QED) is 0.617. The van der Waals surface area contributed by atoms with Crippen molar-refractivity contribution in [3.8, 4) is 0 Å². The van der Waals surface area contributed by atoms with Crippen molar-refractivity contribution >= 4 is 15.9 Å². The predicted molar refractivity (Wildman–Crippen MR) is 101 cm³/mol. The third-order valence-corrected chi connectivity index (χ3v) is 5.39. The molecule has 1 amide bonds. The molecule has 0 unspecified atom stereocenters. The molecular weight excluding hydrogens is 310 g/mol. The fraction of sp³-hybridized carbons (Fsp3) is 0.944. The van der Waals surface area contributed by atoms with E-state index in [0.717, 1.165) is 32.3 Å². The largest absolute Gasteiger partial charge is 0.378 e. The first-order valence-electron chi connectivity index (χ1n) is 8.76. The topological polar surface area (TPSA) is 47.6 Å². The normalized spacial score (nSPS) is 22.5. The molecule has 1 aliphatic rings. The molecule has 0 spiro atoms. The fourth-order valence-corrected chi connectivity index (χ4v) is 3.45. The molecule has 0 radical (unpaired) electrons. The summed E-state index contributed by atoms with van der Waals surface area (Å²) < 4.78 is 11.5. The molecule has 5 heteroatoms. The minimum atomic E-state index is -0.414. The van der Waals surface area contributed by atoms with Crippen LogP contribution in [0.4, 0.5) is 0 Å². The van der Waals surface area contributed by atoms with E-state index in [-0.39, 0.29) is 17.4 Å². The minimum Gasteiger partial charge on any atom is -0.378 e. The Morgan fingerprint density at radius 1 is 1.13 bits per heavy atom. The monoisotopic (exact) mass is 347 g/mol. The molecule has 1 aliphatic carbocycles. The molecule has 4 nitrogen and oxygen atoms in total. The Bertz CT molecular complexity index is 354. The fourth-order valence-electron chi connectivity index (χ4n) is 2.46. The average molecular weight is 348 g/mol. The minimum absolute atomic E-state index is 0.100. The van der Waals surface area contributed by atoms with E-state index < -0.39 is 10.0 Å². The Balaban J connectivity index is 1.98. The second kappa shape index (κ2) is 9.28. The summed E-state index contributed by atoms with van der Waals surface area (Å²) >= 11 is 0. The van der Waals surface area contributed by atoms with E-state index >= 15 is 0 Å². The van der Waals surface area contributed by atoms with Crippen LogP contribution in [0.1, 0.15) is 46.5 Å². The lowest BCUT2D eigenvalue weighted by Gasteiger charge is -2.34. The van der Waals surface area contributed by atoms with Crippen molar-refractivity contribution in [3.05, 3.63) is 0 Å². The Morgan fingerprint density at radius 3 is 2.35 bits per heavy atom. The smallest absolute Gasteiger partial charge is 0.223 e. The summed E-state index contributed by atoms with van der Waals surface area (Å²) in [5.41, 5.74) is -0.100. The second-order valence-electron chi connectivity index (χ2n) is 8.41. The summed E-state index contributed by atoms with van der Waals surface area (Å²) in [6.45, 7) is 8.36. The molecule has 0 bridgehead atoms. The zero-order valence-corrected chi connectivity index (χ0v) is 16.8. The summed E-state index contributed by atoms with van der Waals surface area (Å²) in [5.74, 6) is 1.59. The van der Waals surface area contributed by atoms with Gasteiger partial charge in [0.1, 0.15) is 0 Å². The Kier molecular flexibility index (Phi) is 8.39. The molecular formula is C18H37NO3S. The van der Waals surface area contributed by atoms with Crippen LogP contribution in [0, 0.1) is 5.92 Å². The number of nitrogens with one attached hydrogen (secondary N) is 1. The van der Waals surface area contributed by atoms with Crippen LogP contribution < -0.4 is 5.32 Å². The molecule has 1 N–H and O–H groups in total. The molecule has 0 aromatic rings. The molecule has 1 fully saturated rings. The highest BCUT2D eigenvalue weighted by molar-refractivity contribution is 8.32. The summed E-state index contributed by atoms with van der Waals surface area (Å²) in [5, 5.41) is 3.01. The van der Waals surface area contributed by atoms with Crippen LogP contribution in [-0.2, 0) is 14.3 Å². The predicted octanol–water partition coefficient (Wildman–Crippen LogP) is 3.19. The number of hydrogen-bond acceptors (Lipinski definition) is 3. The van der Waals surface area contributed by atoms with E-state index in [4.69, 9.17) is 9.47 Å². The van der Waals surface area contributed by atoms with Crippen LogP contribution in [0.15, 0.2) is 0 Å². The summed E-state index contributed by atoms with van der Waals surface area (Å²) in [6.07, 6.45) is 11.1. The molecule has 0 aromatic heterocycles. The summed E-state index contributed by atoms with van der Waals surface area (Å²) in [4.78, 5) is 12.0. The lowest BCUT2D eigenvalue weighted by molar-refractivity contribution is -0.134. The van der Waals surface area contributed by atoms with Crippen molar-refractivity contribution in [2.45, 2.75) is 58.2 Å². The third kappa shape index (κ3) is 10.3. The van der Waals surface area contributed by atoms with E-state index in [1.54, 1.807) is 0 Å². The number of carbonyl (C=O) groups excluding carboxylic acids is 1. The Hall–Kier alpha value is -0.260. The number of rotatable bonds is 10. The van der Waals surface area contributed by atoms with E-state index in [1.165, 1.54) is 5.75 Å². The van der Waals surface area contributed by atoms with E-state index in [2.05, 4.69) is 24.1 Å². The Labute approximate surface area is 144 Å². The highest BCUT2D eigenvalue weighted by Gasteiger charge is 2.34. The summed E-state index contributed by atoms with van der Waals surface area (Å²) in [6, 6.07) is 0. The van der Waals surface area contributed by atoms with Crippen LogP contribution >= 0.6 is 10.0 Å². The first-order valence-corrected chi connectivity index (χ1v) is 11.8. The van der Waals surface area contributed by atoms with Gasteiger partial charge in [-0.25, -0.2) is 10.0 Å². The van der Waals surface area contributed by atoms with Gasteiger partial charge in [0.15, 0.2) is 0 Å². The van der Waals surface area contributed by atoms with Gasteiger partial charge in [-0.05, 0) is 71.0 Å². The van der Waals surface area contributed by atoms with Crippen molar-refractivity contribution in [1.29, 1.82) is 0 Å². The van der Waals surface area contributed by atoms with Gasteiger partial charge in [-0.15, -0.1) is 0 Å². The highest BCUT2D eigenvalue weighted by Crippen LogP contribution is 2.35. The van der Waals surface area contributed by atoms with Gasteiger partial charge in [0.2, 0.25) is 5.91 Å². The molecule has 0 heterocycles. The summed E-state index contributed by atoms with van der Waals surface area (Å²) in [7, 11) is -0.414. The maximum absolute atomic E-state index is 12.0. The van der Waals surface area contributed by atoms with E-state index in [0.29, 0.717) is 19.3 Å². The van der Waals surface area contributed by atoms with Gasteiger partial charge in [0.05, 0.1) is 11.7 Å².